The van der Waals surface area contributed by atoms with Crippen LogP contribution >= 0.6 is 0 Å². The second-order valence-corrected chi connectivity index (χ2v) is 5.35. The highest BCUT2D eigenvalue weighted by molar-refractivity contribution is 5.88. The maximum Gasteiger partial charge on any atom is 0.320 e. The summed E-state index contributed by atoms with van der Waals surface area (Å²) in [5, 5.41) is 15.3. The summed E-state index contributed by atoms with van der Waals surface area (Å²) >= 11 is 0. The van der Waals surface area contributed by atoms with E-state index >= 15 is 0 Å². The van der Waals surface area contributed by atoms with Crippen molar-refractivity contribution < 1.29 is 9.90 Å². The number of rotatable bonds is 5. The molecule has 0 aliphatic carbocycles. The molecule has 1 aromatic heterocycles. The molecule has 116 valence electrons. The van der Waals surface area contributed by atoms with Gasteiger partial charge in [-0.1, -0.05) is 30.3 Å². The van der Waals surface area contributed by atoms with Gasteiger partial charge in [0.25, 0.3) is 0 Å². The van der Waals surface area contributed by atoms with Crippen LogP contribution < -0.4 is 10.6 Å². The van der Waals surface area contributed by atoms with Crippen LogP contribution in [-0.2, 0) is 6.42 Å². The average Bonchev–Trinajstić information content (AvgIpc) is 2.45. The smallest absolute Gasteiger partial charge is 0.320 e. The number of aryl methyl sites for hydroxylation is 2. The molecule has 2 amide bonds. The van der Waals surface area contributed by atoms with Gasteiger partial charge in [0.1, 0.15) is 5.82 Å². The number of nitrogens with one attached hydrogen (secondary N) is 2. The quantitative estimate of drug-likeness (QED) is 0.794. The fourth-order valence-corrected chi connectivity index (χ4v) is 2.23. The van der Waals surface area contributed by atoms with E-state index in [-0.39, 0.29) is 12.6 Å². The summed E-state index contributed by atoms with van der Waals surface area (Å²) in [5.41, 5.74) is 2.92. The fourth-order valence-electron chi connectivity index (χ4n) is 2.23. The van der Waals surface area contributed by atoms with Crippen LogP contribution in [0.5, 0.6) is 0 Å². The summed E-state index contributed by atoms with van der Waals surface area (Å²) in [6.45, 7) is 4.01. The van der Waals surface area contributed by atoms with Gasteiger partial charge in [0.05, 0.1) is 6.10 Å². The highest BCUT2D eigenvalue weighted by atomic mass is 16.3. The van der Waals surface area contributed by atoms with E-state index in [9.17, 15) is 9.90 Å². The number of aliphatic hydroxyl groups excluding tert-OH is 1. The van der Waals surface area contributed by atoms with E-state index in [1.165, 1.54) is 0 Å². The number of aliphatic hydroxyl groups is 1. The molecule has 2 rings (SSSR count). The van der Waals surface area contributed by atoms with Crippen molar-refractivity contribution in [1.29, 1.82) is 0 Å². The number of aromatic nitrogens is 1. The topological polar surface area (TPSA) is 74.2 Å². The molecule has 0 spiro atoms. The van der Waals surface area contributed by atoms with E-state index in [4.69, 9.17) is 0 Å². The van der Waals surface area contributed by atoms with Crippen molar-refractivity contribution in [3.63, 3.8) is 0 Å². The number of nitrogens with zero attached hydrogens (tertiary/aromatic N) is 1. The molecule has 0 unspecified atom stereocenters. The van der Waals surface area contributed by atoms with Crippen molar-refractivity contribution >= 4 is 11.8 Å². The van der Waals surface area contributed by atoms with Crippen molar-refractivity contribution in [3.8, 4) is 0 Å². The van der Waals surface area contributed by atoms with Gasteiger partial charge in [0.2, 0.25) is 0 Å². The van der Waals surface area contributed by atoms with Crippen LogP contribution in [0.2, 0.25) is 0 Å². The van der Waals surface area contributed by atoms with Gasteiger partial charge in [-0.05, 0) is 37.1 Å². The molecule has 0 aliphatic heterocycles. The number of carbonyl (C=O) groups is 1. The van der Waals surface area contributed by atoms with Crippen molar-refractivity contribution in [1.82, 2.24) is 10.3 Å². The number of hydrogen-bond acceptors (Lipinski definition) is 3. The minimum Gasteiger partial charge on any atom is -0.391 e. The largest absolute Gasteiger partial charge is 0.391 e. The second kappa shape index (κ2) is 7.56. The Hall–Kier alpha value is -2.40. The van der Waals surface area contributed by atoms with Gasteiger partial charge in [-0.15, -0.1) is 0 Å². The predicted molar refractivity (Wildman–Crippen MR) is 86.9 cm³/mol. The highest BCUT2D eigenvalue weighted by Crippen LogP contribution is 2.08. The van der Waals surface area contributed by atoms with Gasteiger partial charge < -0.3 is 10.4 Å². The van der Waals surface area contributed by atoms with Crippen LogP contribution in [0.25, 0.3) is 0 Å². The van der Waals surface area contributed by atoms with Gasteiger partial charge in [-0.3, -0.25) is 5.32 Å². The van der Waals surface area contributed by atoms with Crippen LogP contribution in [-0.4, -0.2) is 28.8 Å². The Kier molecular flexibility index (Phi) is 5.49. The first-order valence-corrected chi connectivity index (χ1v) is 7.25. The van der Waals surface area contributed by atoms with Crippen LogP contribution in [0.15, 0.2) is 42.5 Å². The maximum absolute atomic E-state index is 11.8. The lowest BCUT2D eigenvalue weighted by Crippen LogP contribution is -2.36. The first kappa shape index (κ1) is 16.0. The SMILES string of the molecule is Cc1cc(C)nc(NC(=O)NC[C@H](O)Cc2ccccc2)c1. The van der Waals surface area contributed by atoms with Gasteiger partial charge >= 0.3 is 6.03 Å². The Bertz CT molecular complexity index is 609. The van der Waals surface area contributed by atoms with Crippen LogP contribution in [0, 0.1) is 13.8 Å². The minimum atomic E-state index is -0.625. The molecule has 0 fully saturated rings. The Morgan fingerprint density at radius 3 is 2.64 bits per heavy atom. The summed E-state index contributed by atoms with van der Waals surface area (Å²) in [4.78, 5) is 16.1. The van der Waals surface area contributed by atoms with Gasteiger partial charge in [-0.2, -0.15) is 0 Å². The Morgan fingerprint density at radius 2 is 1.95 bits per heavy atom. The highest BCUT2D eigenvalue weighted by Gasteiger charge is 2.09. The zero-order valence-corrected chi connectivity index (χ0v) is 12.8. The summed E-state index contributed by atoms with van der Waals surface area (Å²) in [6, 6.07) is 13.0. The predicted octanol–water partition coefficient (Wildman–Crippen LogP) is 2.42. The molecule has 0 aliphatic rings. The fraction of sp³-hybridized carbons (Fsp3) is 0.294. The Labute approximate surface area is 130 Å². The molecule has 1 atom stereocenters. The lowest BCUT2D eigenvalue weighted by molar-refractivity contribution is 0.172. The number of benzene rings is 1. The molecular weight excluding hydrogens is 278 g/mol. The molecule has 0 radical (unpaired) electrons. The third kappa shape index (κ3) is 5.18. The molecule has 0 saturated carbocycles. The zero-order valence-electron chi connectivity index (χ0n) is 12.8. The van der Waals surface area contributed by atoms with Gasteiger partial charge in [0.15, 0.2) is 0 Å². The number of anilines is 1. The van der Waals surface area contributed by atoms with Crippen LogP contribution in [0.1, 0.15) is 16.8 Å². The number of carbonyl (C=O) groups excluding carboxylic acids is 1. The van der Waals surface area contributed by atoms with Gasteiger partial charge in [-0.25, -0.2) is 9.78 Å². The number of amides is 2. The third-order valence-corrected chi connectivity index (χ3v) is 3.15. The molecule has 1 aromatic carbocycles. The molecule has 2 aromatic rings. The summed E-state index contributed by atoms with van der Waals surface area (Å²) in [6.07, 6.45) is -0.122. The first-order chi connectivity index (χ1) is 10.5. The Balaban J connectivity index is 1.80. The van der Waals surface area contributed by atoms with E-state index in [2.05, 4.69) is 15.6 Å². The molecule has 3 N–H and O–H groups in total. The molecule has 22 heavy (non-hydrogen) atoms. The monoisotopic (exact) mass is 299 g/mol. The summed E-state index contributed by atoms with van der Waals surface area (Å²) < 4.78 is 0. The Morgan fingerprint density at radius 1 is 1.23 bits per heavy atom. The lowest BCUT2D eigenvalue weighted by atomic mass is 10.1. The van der Waals surface area contributed by atoms with Crippen LogP contribution in [0.4, 0.5) is 10.6 Å². The molecule has 5 heteroatoms. The van der Waals surface area contributed by atoms with E-state index in [0.717, 1.165) is 16.8 Å². The third-order valence-electron chi connectivity index (χ3n) is 3.15. The molecule has 1 heterocycles. The van der Waals surface area contributed by atoms with Crippen molar-refractivity contribution in [3.05, 3.63) is 59.3 Å². The van der Waals surface area contributed by atoms with E-state index in [1.807, 2.05) is 50.2 Å². The summed E-state index contributed by atoms with van der Waals surface area (Å²) in [5.74, 6) is 0.507. The van der Waals surface area contributed by atoms with Crippen molar-refractivity contribution in [2.45, 2.75) is 26.4 Å². The zero-order chi connectivity index (χ0) is 15.9. The molecule has 5 nitrogen and oxygen atoms in total. The standard InChI is InChI=1S/C17H21N3O2/c1-12-8-13(2)19-16(9-12)20-17(22)18-11-15(21)10-14-6-4-3-5-7-14/h3-9,15,21H,10-11H2,1-2H3,(H2,18,19,20,22)/t15-/m1/s1. The average molecular weight is 299 g/mol. The van der Waals surface area contributed by atoms with E-state index in [1.54, 1.807) is 6.07 Å². The normalized spacial score (nSPS) is 11.8. The van der Waals surface area contributed by atoms with Gasteiger partial charge in [0, 0.05) is 18.7 Å². The van der Waals surface area contributed by atoms with Crippen LogP contribution in [0.3, 0.4) is 0 Å². The molecule has 0 saturated heterocycles. The van der Waals surface area contributed by atoms with E-state index in [0.29, 0.717) is 12.2 Å². The number of hydrogen-bond donors (Lipinski definition) is 3. The second-order valence-electron chi connectivity index (χ2n) is 5.35. The lowest BCUT2D eigenvalue weighted by Gasteiger charge is -2.13. The summed E-state index contributed by atoms with van der Waals surface area (Å²) in [7, 11) is 0. The first-order valence-electron chi connectivity index (χ1n) is 7.25. The number of pyridine rings is 1. The minimum absolute atomic E-state index is 0.186. The number of urea groups is 1. The van der Waals surface area contributed by atoms with Crippen molar-refractivity contribution in [2.75, 3.05) is 11.9 Å². The maximum atomic E-state index is 11.8. The molecular formula is C17H21N3O2. The van der Waals surface area contributed by atoms with Crippen molar-refractivity contribution in [2.24, 2.45) is 0 Å². The van der Waals surface area contributed by atoms with E-state index < -0.39 is 6.10 Å². The molecule has 0 bridgehead atoms.